The molecule has 5 nitrogen and oxygen atoms in total. The molecule has 0 N–H and O–H groups in total. The van der Waals surface area contributed by atoms with Gasteiger partial charge in [0, 0.05) is 11.7 Å². The van der Waals surface area contributed by atoms with Gasteiger partial charge in [0.25, 0.3) is 0 Å². The third-order valence-corrected chi connectivity index (χ3v) is 2.51. The molecule has 96 valence electrons. The highest BCUT2D eigenvalue weighted by atomic mass is 16.5. The van der Waals surface area contributed by atoms with Crippen LogP contribution in [0.1, 0.15) is 25.1 Å². The van der Waals surface area contributed by atoms with Gasteiger partial charge in [0.1, 0.15) is 12.4 Å². The van der Waals surface area contributed by atoms with E-state index in [-0.39, 0.29) is 18.6 Å². The Morgan fingerprint density at radius 2 is 2.22 bits per heavy atom. The molecule has 0 radical (unpaired) electrons. The molecule has 1 aromatic heterocycles. The number of carbonyl (C=O) groups excluding carboxylic acids is 1. The summed E-state index contributed by atoms with van der Waals surface area (Å²) in [5, 5.41) is 8.95. The van der Waals surface area contributed by atoms with E-state index in [4.69, 9.17) is 5.26 Å². The quantitative estimate of drug-likeness (QED) is 0.757. The number of hydrogen-bond acceptors (Lipinski definition) is 5. The van der Waals surface area contributed by atoms with Crippen LogP contribution in [0.25, 0.3) is 0 Å². The first kappa shape index (κ1) is 14.0. The molecule has 0 aliphatic rings. The fourth-order valence-electron chi connectivity index (χ4n) is 1.59. The summed E-state index contributed by atoms with van der Waals surface area (Å²) in [6, 6.07) is 5.56. The molecule has 0 aliphatic carbocycles. The van der Waals surface area contributed by atoms with E-state index in [2.05, 4.69) is 15.8 Å². The van der Waals surface area contributed by atoms with Gasteiger partial charge < -0.3 is 9.64 Å². The fourth-order valence-corrected chi connectivity index (χ4v) is 1.59. The maximum absolute atomic E-state index is 11.4. The van der Waals surface area contributed by atoms with Crippen LogP contribution in [-0.2, 0) is 9.53 Å². The zero-order valence-electron chi connectivity index (χ0n) is 11.1. The van der Waals surface area contributed by atoms with E-state index in [9.17, 15) is 4.79 Å². The van der Waals surface area contributed by atoms with Crippen LogP contribution < -0.4 is 4.90 Å². The monoisotopic (exact) mass is 247 g/mol. The maximum atomic E-state index is 11.4. The Hall–Kier alpha value is -2.09. The number of hydrogen-bond donors (Lipinski definition) is 0. The van der Waals surface area contributed by atoms with Crippen LogP contribution in [0.5, 0.6) is 0 Å². The van der Waals surface area contributed by atoms with Crippen LogP contribution in [0.2, 0.25) is 0 Å². The predicted molar refractivity (Wildman–Crippen MR) is 68.2 cm³/mol. The van der Waals surface area contributed by atoms with Gasteiger partial charge in [0.2, 0.25) is 0 Å². The average Bonchev–Trinajstić information content (AvgIpc) is 2.34. The molecule has 0 bridgehead atoms. The summed E-state index contributed by atoms with van der Waals surface area (Å²) in [4.78, 5) is 17.5. The number of carbonyl (C=O) groups is 1. The lowest BCUT2D eigenvalue weighted by Crippen LogP contribution is -2.37. The van der Waals surface area contributed by atoms with Crippen molar-refractivity contribution in [2.24, 2.45) is 0 Å². The van der Waals surface area contributed by atoms with Crippen molar-refractivity contribution in [3.05, 3.63) is 23.4 Å². The van der Waals surface area contributed by atoms with Crippen molar-refractivity contribution in [2.75, 3.05) is 18.6 Å². The SMILES string of the molecule is COC(=O)CN(c1cc(C#N)cc(C)n1)C(C)C. The van der Waals surface area contributed by atoms with Crippen molar-refractivity contribution >= 4 is 11.8 Å². The highest BCUT2D eigenvalue weighted by molar-refractivity contribution is 5.75. The minimum Gasteiger partial charge on any atom is -0.468 e. The van der Waals surface area contributed by atoms with Gasteiger partial charge in [-0.05, 0) is 32.9 Å². The molecule has 18 heavy (non-hydrogen) atoms. The standard InChI is InChI=1S/C13H17N3O2/c1-9(2)16(8-13(17)18-4)12-6-11(7-14)5-10(3)15-12/h5-6,9H,8H2,1-4H3. The third kappa shape index (κ3) is 3.45. The summed E-state index contributed by atoms with van der Waals surface area (Å²) in [7, 11) is 1.35. The van der Waals surface area contributed by atoms with Crippen LogP contribution in [0, 0.1) is 18.3 Å². The number of rotatable bonds is 4. The van der Waals surface area contributed by atoms with Crippen molar-refractivity contribution < 1.29 is 9.53 Å². The predicted octanol–water partition coefficient (Wildman–Crippen LogP) is 1.65. The zero-order chi connectivity index (χ0) is 13.7. The van der Waals surface area contributed by atoms with E-state index >= 15 is 0 Å². The summed E-state index contributed by atoms with van der Waals surface area (Å²) in [5.74, 6) is 0.289. The van der Waals surface area contributed by atoms with E-state index in [0.29, 0.717) is 11.4 Å². The lowest BCUT2D eigenvalue weighted by Gasteiger charge is -2.26. The van der Waals surface area contributed by atoms with E-state index < -0.39 is 0 Å². The first-order valence-corrected chi connectivity index (χ1v) is 5.70. The highest BCUT2D eigenvalue weighted by Gasteiger charge is 2.17. The Bertz CT molecular complexity index is 478. The summed E-state index contributed by atoms with van der Waals surface area (Å²) in [6.07, 6.45) is 0. The highest BCUT2D eigenvalue weighted by Crippen LogP contribution is 2.17. The summed E-state index contributed by atoms with van der Waals surface area (Å²) >= 11 is 0. The number of pyridine rings is 1. The molecule has 0 unspecified atom stereocenters. The molecule has 0 atom stereocenters. The third-order valence-electron chi connectivity index (χ3n) is 2.51. The van der Waals surface area contributed by atoms with Gasteiger partial charge in [0.05, 0.1) is 18.7 Å². The Kier molecular flexibility index (Phi) is 4.67. The van der Waals surface area contributed by atoms with Crippen molar-refractivity contribution in [3.8, 4) is 6.07 Å². The van der Waals surface area contributed by atoms with Crippen molar-refractivity contribution in [3.63, 3.8) is 0 Å². The number of anilines is 1. The molecular formula is C13H17N3O2. The average molecular weight is 247 g/mol. The minimum atomic E-state index is -0.328. The second-order valence-corrected chi connectivity index (χ2v) is 4.26. The largest absolute Gasteiger partial charge is 0.468 e. The number of methoxy groups -OCH3 is 1. The fraction of sp³-hybridized carbons (Fsp3) is 0.462. The molecule has 0 aliphatic heterocycles. The van der Waals surface area contributed by atoms with Gasteiger partial charge in [-0.3, -0.25) is 4.79 Å². The number of aromatic nitrogens is 1. The Morgan fingerprint density at radius 1 is 1.56 bits per heavy atom. The number of ether oxygens (including phenoxy) is 1. The van der Waals surface area contributed by atoms with Gasteiger partial charge in [-0.15, -0.1) is 0 Å². The van der Waals surface area contributed by atoms with Crippen molar-refractivity contribution in [1.29, 1.82) is 5.26 Å². The topological polar surface area (TPSA) is 66.2 Å². The van der Waals surface area contributed by atoms with Crippen molar-refractivity contribution in [1.82, 2.24) is 4.98 Å². The first-order valence-electron chi connectivity index (χ1n) is 5.70. The van der Waals surface area contributed by atoms with E-state index in [0.717, 1.165) is 5.69 Å². The number of nitriles is 1. The molecule has 5 heteroatoms. The Labute approximate surface area is 107 Å². The molecule has 0 amide bonds. The van der Waals surface area contributed by atoms with Crippen LogP contribution in [0.4, 0.5) is 5.82 Å². The molecule has 0 spiro atoms. The van der Waals surface area contributed by atoms with Crippen LogP contribution in [0.15, 0.2) is 12.1 Å². The lowest BCUT2D eigenvalue weighted by atomic mass is 10.2. The molecule has 0 aromatic carbocycles. The minimum absolute atomic E-state index is 0.0879. The molecule has 1 heterocycles. The lowest BCUT2D eigenvalue weighted by molar-refractivity contribution is -0.139. The second kappa shape index (κ2) is 6.01. The summed E-state index contributed by atoms with van der Waals surface area (Å²) < 4.78 is 4.67. The Balaban J connectivity index is 3.10. The molecule has 0 fully saturated rings. The summed E-state index contributed by atoms with van der Waals surface area (Å²) in [5.41, 5.74) is 1.28. The molecule has 0 saturated carbocycles. The molecule has 0 saturated heterocycles. The smallest absolute Gasteiger partial charge is 0.325 e. The van der Waals surface area contributed by atoms with Gasteiger partial charge in [0.15, 0.2) is 0 Å². The number of nitrogens with zero attached hydrogens (tertiary/aromatic N) is 3. The molecule has 1 rings (SSSR count). The normalized spacial score (nSPS) is 10.0. The molecular weight excluding hydrogens is 230 g/mol. The number of esters is 1. The zero-order valence-corrected chi connectivity index (χ0v) is 11.1. The van der Waals surface area contributed by atoms with Gasteiger partial charge in [-0.25, -0.2) is 4.98 Å². The van der Waals surface area contributed by atoms with Gasteiger partial charge in [-0.1, -0.05) is 0 Å². The van der Waals surface area contributed by atoms with E-state index in [1.165, 1.54) is 7.11 Å². The maximum Gasteiger partial charge on any atom is 0.325 e. The summed E-state index contributed by atoms with van der Waals surface area (Å²) in [6.45, 7) is 5.86. The van der Waals surface area contributed by atoms with Crippen molar-refractivity contribution in [2.45, 2.75) is 26.8 Å². The van der Waals surface area contributed by atoms with Crippen LogP contribution in [-0.4, -0.2) is 30.6 Å². The Morgan fingerprint density at radius 3 is 2.72 bits per heavy atom. The van der Waals surface area contributed by atoms with E-state index in [1.54, 1.807) is 17.0 Å². The van der Waals surface area contributed by atoms with E-state index in [1.807, 2.05) is 20.8 Å². The van der Waals surface area contributed by atoms with Crippen LogP contribution >= 0.6 is 0 Å². The van der Waals surface area contributed by atoms with Crippen LogP contribution in [0.3, 0.4) is 0 Å². The van der Waals surface area contributed by atoms with Gasteiger partial charge >= 0.3 is 5.97 Å². The second-order valence-electron chi connectivity index (χ2n) is 4.26. The van der Waals surface area contributed by atoms with Gasteiger partial charge in [-0.2, -0.15) is 5.26 Å². The number of aryl methyl sites for hydroxylation is 1. The molecule has 1 aromatic rings. The first-order chi connectivity index (χ1) is 8.47.